The molecule has 0 radical (unpaired) electrons. The Bertz CT molecular complexity index is 407. The molecule has 0 aromatic heterocycles. The first kappa shape index (κ1) is 16.3. The van der Waals surface area contributed by atoms with Gasteiger partial charge in [0.25, 0.3) is 0 Å². The van der Waals surface area contributed by atoms with Crippen LogP contribution in [0.5, 0.6) is 5.75 Å². The maximum absolute atomic E-state index is 6.28. The molecule has 0 spiro atoms. The van der Waals surface area contributed by atoms with E-state index in [0.29, 0.717) is 12.1 Å². The number of hydrogen-bond acceptors (Lipinski definition) is 3. The highest BCUT2D eigenvalue weighted by atomic mass is 16.5. The summed E-state index contributed by atoms with van der Waals surface area (Å²) >= 11 is 0. The number of benzene rings is 1. The number of para-hydroxylation sites is 1. The summed E-state index contributed by atoms with van der Waals surface area (Å²) in [4.78, 5) is 2.38. The van der Waals surface area contributed by atoms with Gasteiger partial charge in [-0.05, 0) is 45.3 Å². The van der Waals surface area contributed by atoms with E-state index in [2.05, 4.69) is 41.5 Å². The van der Waals surface area contributed by atoms with Crippen LogP contribution in [0.25, 0.3) is 0 Å². The van der Waals surface area contributed by atoms with Gasteiger partial charge in [0.05, 0.1) is 0 Å². The molecular weight excluding hydrogens is 260 g/mol. The third kappa shape index (κ3) is 4.45. The van der Waals surface area contributed by atoms with Gasteiger partial charge in [0.15, 0.2) is 0 Å². The van der Waals surface area contributed by atoms with E-state index in [1.807, 2.05) is 13.8 Å². The molecule has 1 atom stereocenters. The van der Waals surface area contributed by atoms with E-state index in [4.69, 9.17) is 4.74 Å². The predicted octanol–water partition coefficient (Wildman–Crippen LogP) is 3.61. The number of nitrogens with zero attached hydrogens (tertiary/aromatic N) is 1. The van der Waals surface area contributed by atoms with Gasteiger partial charge in [0.2, 0.25) is 0 Å². The second kappa shape index (κ2) is 8.40. The van der Waals surface area contributed by atoms with Crippen molar-refractivity contribution in [3.8, 4) is 5.75 Å². The van der Waals surface area contributed by atoms with Crippen LogP contribution in [0.4, 0.5) is 0 Å². The number of hydrogen-bond donors (Lipinski definition) is 1. The lowest BCUT2D eigenvalue weighted by Gasteiger charge is -2.30. The van der Waals surface area contributed by atoms with E-state index in [1.54, 1.807) is 0 Å². The van der Waals surface area contributed by atoms with Crippen LogP contribution in [-0.4, -0.2) is 37.7 Å². The standard InChI is InChI=1S/C16H24N2O.C2H6/c1-18-11-8-13(9-12-18)19-16-7-3-2-5-14(16)15-6-4-10-17-15;1-2/h2-3,5,7,13,15,17H,4,6,8-12H2,1H3;1-2H3. The second-order valence-corrected chi connectivity index (χ2v) is 5.81. The molecule has 3 rings (SSSR count). The Morgan fingerprint density at radius 3 is 2.48 bits per heavy atom. The van der Waals surface area contributed by atoms with Gasteiger partial charge in [-0.15, -0.1) is 0 Å². The molecule has 2 aliphatic heterocycles. The molecule has 3 heteroatoms. The zero-order valence-corrected chi connectivity index (χ0v) is 13.8. The molecule has 21 heavy (non-hydrogen) atoms. The van der Waals surface area contributed by atoms with Gasteiger partial charge in [-0.3, -0.25) is 0 Å². The zero-order chi connectivity index (χ0) is 15.1. The van der Waals surface area contributed by atoms with Crippen LogP contribution in [0.1, 0.15) is 51.1 Å². The number of rotatable bonds is 3. The molecule has 2 heterocycles. The lowest BCUT2D eigenvalue weighted by Crippen LogP contribution is -2.35. The lowest BCUT2D eigenvalue weighted by atomic mass is 10.0. The molecule has 2 saturated heterocycles. The summed E-state index contributed by atoms with van der Waals surface area (Å²) in [6.07, 6.45) is 5.17. The Morgan fingerprint density at radius 2 is 1.81 bits per heavy atom. The van der Waals surface area contributed by atoms with Crippen molar-refractivity contribution >= 4 is 0 Å². The Kier molecular flexibility index (Phi) is 6.52. The summed E-state index contributed by atoms with van der Waals surface area (Å²) < 4.78 is 6.28. The van der Waals surface area contributed by atoms with Crippen molar-refractivity contribution < 1.29 is 4.74 Å². The molecule has 0 saturated carbocycles. The Morgan fingerprint density at radius 1 is 1.10 bits per heavy atom. The number of ether oxygens (including phenoxy) is 1. The fraction of sp³-hybridized carbons (Fsp3) is 0.667. The van der Waals surface area contributed by atoms with Crippen LogP contribution in [0.2, 0.25) is 0 Å². The summed E-state index contributed by atoms with van der Waals surface area (Å²) in [6.45, 7) is 7.43. The lowest BCUT2D eigenvalue weighted by molar-refractivity contribution is 0.113. The van der Waals surface area contributed by atoms with Gasteiger partial charge in [0, 0.05) is 24.7 Å². The molecule has 0 amide bonds. The molecular formula is C18H30N2O. The van der Waals surface area contributed by atoms with E-state index in [1.165, 1.54) is 18.4 Å². The Hall–Kier alpha value is -1.06. The summed E-state index contributed by atoms with van der Waals surface area (Å²) in [7, 11) is 2.19. The topological polar surface area (TPSA) is 24.5 Å². The van der Waals surface area contributed by atoms with Crippen molar-refractivity contribution in [3.05, 3.63) is 29.8 Å². The van der Waals surface area contributed by atoms with Gasteiger partial charge >= 0.3 is 0 Å². The predicted molar refractivity (Wildman–Crippen MR) is 88.9 cm³/mol. The Balaban J connectivity index is 0.000000774. The van der Waals surface area contributed by atoms with Gasteiger partial charge in [-0.1, -0.05) is 32.0 Å². The third-order valence-electron chi connectivity index (χ3n) is 4.31. The first-order valence-corrected chi connectivity index (χ1v) is 8.50. The van der Waals surface area contributed by atoms with Crippen LogP contribution in [-0.2, 0) is 0 Å². The van der Waals surface area contributed by atoms with E-state index in [-0.39, 0.29) is 0 Å². The highest BCUT2D eigenvalue weighted by molar-refractivity contribution is 5.36. The van der Waals surface area contributed by atoms with E-state index in [9.17, 15) is 0 Å². The van der Waals surface area contributed by atoms with E-state index >= 15 is 0 Å². The van der Waals surface area contributed by atoms with E-state index in [0.717, 1.165) is 38.2 Å². The first-order valence-electron chi connectivity index (χ1n) is 8.50. The third-order valence-corrected chi connectivity index (χ3v) is 4.31. The highest BCUT2D eigenvalue weighted by Gasteiger charge is 2.23. The van der Waals surface area contributed by atoms with Gasteiger partial charge in [-0.25, -0.2) is 0 Å². The second-order valence-electron chi connectivity index (χ2n) is 5.81. The number of piperidine rings is 1. The smallest absolute Gasteiger partial charge is 0.124 e. The summed E-state index contributed by atoms with van der Waals surface area (Å²) in [6, 6.07) is 9.04. The van der Waals surface area contributed by atoms with Crippen molar-refractivity contribution in [3.63, 3.8) is 0 Å². The molecule has 1 aromatic rings. The van der Waals surface area contributed by atoms with Crippen molar-refractivity contribution in [2.75, 3.05) is 26.7 Å². The molecule has 3 nitrogen and oxygen atoms in total. The van der Waals surface area contributed by atoms with Gasteiger partial charge in [0.1, 0.15) is 11.9 Å². The minimum absolute atomic E-state index is 0.388. The fourth-order valence-corrected chi connectivity index (χ4v) is 3.11. The van der Waals surface area contributed by atoms with Crippen molar-refractivity contribution in [1.82, 2.24) is 10.2 Å². The molecule has 0 bridgehead atoms. The largest absolute Gasteiger partial charge is 0.490 e. The summed E-state index contributed by atoms with van der Waals surface area (Å²) in [5.74, 6) is 1.09. The molecule has 1 N–H and O–H groups in total. The van der Waals surface area contributed by atoms with E-state index < -0.39 is 0 Å². The minimum atomic E-state index is 0.388. The minimum Gasteiger partial charge on any atom is -0.490 e. The quantitative estimate of drug-likeness (QED) is 0.920. The number of nitrogens with one attached hydrogen (secondary N) is 1. The molecule has 1 aromatic carbocycles. The first-order chi connectivity index (χ1) is 10.3. The maximum atomic E-state index is 6.28. The molecule has 0 aliphatic carbocycles. The van der Waals surface area contributed by atoms with Crippen LogP contribution in [0.3, 0.4) is 0 Å². The normalized spacial score (nSPS) is 23.5. The highest BCUT2D eigenvalue weighted by Crippen LogP contribution is 2.32. The van der Waals surface area contributed by atoms with Crippen LogP contribution < -0.4 is 10.1 Å². The van der Waals surface area contributed by atoms with Crippen LogP contribution in [0, 0.1) is 0 Å². The molecule has 118 valence electrons. The SMILES string of the molecule is CC.CN1CCC(Oc2ccccc2C2CCCN2)CC1. The molecule has 2 aliphatic rings. The monoisotopic (exact) mass is 290 g/mol. The Labute approximate surface area is 129 Å². The number of likely N-dealkylation sites (tertiary alicyclic amines) is 1. The van der Waals surface area contributed by atoms with Gasteiger partial charge in [-0.2, -0.15) is 0 Å². The maximum Gasteiger partial charge on any atom is 0.124 e. The molecule has 1 unspecified atom stereocenters. The summed E-state index contributed by atoms with van der Waals surface area (Å²) in [5, 5.41) is 3.57. The van der Waals surface area contributed by atoms with Crippen molar-refractivity contribution in [2.45, 2.75) is 51.7 Å². The van der Waals surface area contributed by atoms with Crippen LogP contribution in [0.15, 0.2) is 24.3 Å². The zero-order valence-electron chi connectivity index (χ0n) is 13.8. The van der Waals surface area contributed by atoms with Crippen molar-refractivity contribution in [2.24, 2.45) is 0 Å². The fourth-order valence-electron chi connectivity index (χ4n) is 3.11. The van der Waals surface area contributed by atoms with Crippen molar-refractivity contribution in [1.29, 1.82) is 0 Å². The average Bonchev–Trinajstić information content (AvgIpc) is 3.06. The average molecular weight is 290 g/mol. The van der Waals surface area contributed by atoms with Gasteiger partial charge < -0.3 is 15.0 Å². The molecule has 2 fully saturated rings. The van der Waals surface area contributed by atoms with Crippen LogP contribution >= 0.6 is 0 Å². The summed E-state index contributed by atoms with van der Waals surface area (Å²) in [5.41, 5.74) is 1.35.